The Morgan fingerprint density at radius 2 is 1.93 bits per heavy atom. The molecule has 1 aliphatic heterocycles. The molecule has 6 heteroatoms. The van der Waals surface area contributed by atoms with Crippen molar-refractivity contribution in [2.24, 2.45) is 0 Å². The Kier molecular flexibility index (Phi) is 5.82. The van der Waals surface area contributed by atoms with Gasteiger partial charge in [0.2, 0.25) is 0 Å². The highest BCUT2D eigenvalue weighted by Crippen LogP contribution is 2.37. The summed E-state index contributed by atoms with van der Waals surface area (Å²) >= 11 is 0. The zero-order chi connectivity index (χ0) is 19.2. The molecule has 6 nitrogen and oxygen atoms in total. The molecule has 0 radical (unpaired) electrons. The number of amides is 1. The van der Waals surface area contributed by atoms with Crippen LogP contribution in [0.3, 0.4) is 0 Å². The summed E-state index contributed by atoms with van der Waals surface area (Å²) in [5, 5.41) is 9.13. The van der Waals surface area contributed by atoms with E-state index < -0.39 is 0 Å². The van der Waals surface area contributed by atoms with E-state index in [2.05, 4.69) is 6.07 Å². The van der Waals surface area contributed by atoms with Gasteiger partial charge >= 0.3 is 0 Å². The highest BCUT2D eigenvalue weighted by molar-refractivity contribution is 5.78. The van der Waals surface area contributed by atoms with Gasteiger partial charge in [0.05, 0.1) is 25.8 Å². The van der Waals surface area contributed by atoms with Crippen LogP contribution in [0.15, 0.2) is 42.5 Å². The topological polar surface area (TPSA) is 71.8 Å². The molecule has 3 rings (SSSR count). The van der Waals surface area contributed by atoms with Gasteiger partial charge in [-0.05, 0) is 42.7 Å². The number of rotatable bonds is 6. The zero-order valence-corrected chi connectivity index (χ0v) is 15.5. The molecule has 140 valence electrons. The molecule has 0 saturated carbocycles. The van der Waals surface area contributed by atoms with E-state index in [0.717, 1.165) is 18.4 Å². The Morgan fingerprint density at radius 1 is 1.15 bits per heavy atom. The molecular weight excluding hydrogens is 344 g/mol. The molecule has 2 aromatic carbocycles. The number of ether oxygens (including phenoxy) is 3. The van der Waals surface area contributed by atoms with Crippen molar-refractivity contribution in [3.05, 3.63) is 53.6 Å². The van der Waals surface area contributed by atoms with Gasteiger partial charge in [0.25, 0.3) is 5.91 Å². The second-order valence-corrected chi connectivity index (χ2v) is 6.26. The number of hydrogen-bond donors (Lipinski definition) is 0. The molecule has 2 aromatic rings. The van der Waals surface area contributed by atoms with Crippen LogP contribution in [0.4, 0.5) is 0 Å². The fourth-order valence-corrected chi connectivity index (χ4v) is 3.38. The Labute approximate surface area is 158 Å². The predicted octanol–water partition coefficient (Wildman–Crippen LogP) is 3.32. The third-order valence-corrected chi connectivity index (χ3v) is 4.72. The van der Waals surface area contributed by atoms with Crippen molar-refractivity contribution in [1.29, 1.82) is 5.26 Å². The molecule has 0 aliphatic carbocycles. The maximum absolute atomic E-state index is 12.7. The normalized spacial score (nSPS) is 15.9. The number of nitrogens with zero attached hydrogens (tertiary/aromatic N) is 2. The van der Waals surface area contributed by atoms with Crippen molar-refractivity contribution in [2.45, 2.75) is 18.9 Å². The van der Waals surface area contributed by atoms with Gasteiger partial charge in [0.1, 0.15) is 11.8 Å². The van der Waals surface area contributed by atoms with Crippen molar-refractivity contribution >= 4 is 5.91 Å². The monoisotopic (exact) mass is 366 g/mol. The van der Waals surface area contributed by atoms with Gasteiger partial charge in [-0.3, -0.25) is 4.79 Å². The van der Waals surface area contributed by atoms with Gasteiger partial charge in [-0.25, -0.2) is 0 Å². The fraction of sp³-hybridized carbons (Fsp3) is 0.333. The SMILES string of the molecule is COc1ccc(C2CCCN2C(=O)COc2ccccc2C#N)cc1OC. The third-order valence-electron chi connectivity index (χ3n) is 4.72. The van der Waals surface area contributed by atoms with Gasteiger partial charge in [-0.1, -0.05) is 18.2 Å². The summed E-state index contributed by atoms with van der Waals surface area (Å²) in [7, 11) is 3.19. The van der Waals surface area contributed by atoms with E-state index >= 15 is 0 Å². The molecule has 1 atom stereocenters. The lowest BCUT2D eigenvalue weighted by molar-refractivity contribution is -0.134. The number of nitriles is 1. The molecule has 0 aromatic heterocycles. The van der Waals surface area contributed by atoms with E-state index in [-0.39, 0.29) is 18.6 Å². The quantitative estimate of drug-likeness (QED) is 0.784. The lowest BCUT2D eigenvalue weighted by Crippen LogP contribution is -2.34. The molecule has 1 saturated heterocycles. The van der Waals surface area contributed by atoms with Gasteiger partial charge in [0.15, 0.2) is 18.1 Å². The standard InChI is InChI=1S/C21H22N2O4/c1-25-19-10-9-15(12-20(19)26-2)17-7-5-11-23(17)21(24)14-27-18-8-4-3-6-16(18)13-22/h3-4,6,8-10,12,17H,5,7,11,14H2,1-2H3. The molecule has 1 unspecified atom stereocenters. The van der Waals surface area contributed by atoms with E-state index in [1.165, 1.54) is 0 Å². The van der Waals surface area contributed by atoms with E-state index in [1.807, 2.05) is 23.1 Å². The minimum Gasteiger partial charge on any atom is -0.493 e. The van der Waals surface area contributed by atoms with Crippen molar-refractivity contribution in [3.8, 4) is 23.3 Å². The Balaban J connectivity index is 1.72. The first kappa shape index (κ1) is 18.6. The van der Waals surface area contributed by atoms with E-state index in [0.29, 0.717) is 29.4 Å². The first-order valence-electron chi connectivity index (χ1n) is 8.81. The average molecular weight is 366 g/mol. The fourth-order valence-electron chi connectivity index (χ4n) is 3.38. The van der Waals surface area contributed by atoms with Crippen LogP contribution in [0.2, 0.25) is 0 Å². The molecule has 1 amide bonds. The molecule has 27 heavy (non-hydrogen) atoms. The van der Waals surface area contributed by atoms with Gasteiger partial charge in [-0.15, -0.1) is 0 Å². The summed E-state index contributed by atoms with van der Waals surface area (Å²) in [5.41, 5.74) is 1.43. The number of carbonyl (C=O) groups excluding carboxylic acids is 1. The minimum absolute atomic E-state index is 0.0212. The van der Waals surface area contributed by atoms with Crippen molar-refractivity contribution in [3.63, 3.8) is 0 Å². The first-order valence-corrected chi connectivity index (χ1v) is 8.81. The molecule has 1 aliphatic rings. The largest absolute Gasteiger partial charge is 0.493 e. The number of para-hydroxylation sites is 1. The van der Waals surface area contributed by atoms with E-state index in [9.17, 15) is 4.79 Å². The number of methoxy groups -OCH3 is 2. The maximum Gasteiger partial charge on any atom is 0.261 e. The Morgan fingerprint density at radius 3 is 2.67 bits per heavy atom. The molecule has 1 heterocycles. The molecule has 0 bridgehead atoms. The lowest BCUT2D eigenvalue weighted by Gasteiger charge is -2.25. The zero-order valence-electron chi connectivity index (χ0n) is 15.5. The molecule has 0 spiro atoms. The summed E-state index contributed by atoms with van der Waals surface area (Å²) < 4.78 is 16.3. The third kappa shape index (κ3) is 3.98. The van der Waals surface area contributed by atoms with Gasteiger partial charge < -0.3 is 19.1 Å². The summed E-state index contributed by atoms with van der Waals surface area (Å²) in [4.78, 5) is 14.6. The summed E-state index contributed by atoms with van der Waals surface area (Å²) in [6.07, 6.45) is 1.82. The van der Waals surface area contributed by atoms with Crippen molar-refractivity contribution in [2.75, 3.05) is 27.4 Å². The van der Waals surface area contributed by atoms with Crippen LogP contribution in [0.5, 0.6) is 17.2 Å². The lowest BCUT2D eigenvalue weighted by atomic mass is 10.0. The smallest absolute Gasteiger partial charge is 0.261 e. The summed E-state index contributed by atoms with van der Waals surface area (Å²) in [5.74, 6) is 1.64. The average Bonchev–Trinajstić information content (AvgIpc) is 3.21. The number of benzene rings is 2. The van der Waals surface area contributed by atoms with E-state index in [1.54, 1.807) is 38.5 Å². The van der Waals surface area contributed by atoms with Gasteiger partial charge in [0, 0.05) is 6.54 Å². The van der Waals surface area contributed by atoms with E-state index in [4.69, 9.17) is 19.5 Å². The van der Waals surface area contributed by atoms with Gasteiger partial charge in [-0.2, -0.15) is 5.26 Å². The summed E-state index contributed by atoms with van der Waals surface area (Å²) in [6.45, 7) is 0.587. The second-order valence-electron chi connectivity index (χ2n) is 6.26. The van der Waals surface area contributed by atoms with Crippen LogP contribution >= 0.6 is 0 Å². The van der Waals surface area contributed by atoms with Crippen LogP contribution in [0.25, 0.3) is 0 Å². The highest BCUT2D eigenvalue weighted by atomic mass is 16.5. The number of hydrogen-bond acceptors (Lipinski definition) is 5. The van der Waals surface area contributed by atoms with Crippen LogP contribution in [-0.2, 0) is 4.79 Å². The minimum atomic E-state index is -0.0972. The Bertz CT molecular complexity index is 860. The van der Waals surface area contributed by atoms with Crippen molar-refractivity contribution in [1.82, 2.24) is 4.90 Å². The number of carbonyl (C=O) groups is 1. The predicted molar refractivity (Wildman–Crippen MR) is 99.9 cm³/mol. The molecular formula is C21H22N2O4. The van der Waals surface area contributed by atoms with Crippen LogP contribution in [0.1, 0.15) is 30.0 Å². The van der Waals surface area contributed by atoms with Crippen LogP contribution in [-0.4, -0.2) is 38.2 Å². The Hall–Kier alpha value is -3.20. The van der Waals surface area contributed by atoms with Crippen LogP contribution < -0.4 is 14.2 Å². The first-order chi connectivity index (χ1) is 13.2. The summed E-state index contributed by atoms with van der Waals surface area (Å²) in [6, 6.07) is 14.7. The highest BCUT2D eigenvalue weighted by Gasteiger charge is 2.30. The van der Waals surface area contributed by atoms with Crippen LogP contribution in [0, 0.1) is 11.3 Å². The maximum atomic E-state index is 12.7. The molecule has 1 fully saturated rings. The molecule has 0 N–H and O–H groups in total. The number of likely N-dealkylation sites (tertiary alicyclic amines) is 1. The van der Waals surface area contributed by atoms with Crippen molar-refractivity contribution < 1.29 is 19.0 Å². The second kappa shape index (κ2) is 8.45.